The normalized spacial score (nSPS) is 10.7. The lowest BCUT2D eigenvalue weighted by atomic mass is 10.2. The molecule has 25 heavy (non-hydrogen) atoms. The fourth-order valence-corrected chi connectivity index (χ4v) is 2.38. The molecule has 8 nitrogen and oxygen atoms in total. The van der Waals surface area contributed by atoms with E-state index in [1.54, 1.807) is 31.3 Å². The van der Waals surface area contributed by atoms with Crippen molar-refractivity contribution in [3.63, 3.8) is 0 Å². The van der Waals surface area contributed by atoms with Crippen LogP contribution in [0.5, 0.6) is 0 Å². The number of aryl methyl sites for hydroxylation is 2. The summed E-state index contributed by atoms with van der Waals surface area (Å²) < 4.78 is 6.35. The summed E-state index contributed by atoms with van der Waals surface area (Å²) >= 11 is 6.04. The van der Waals surface area contributed by atoms with Gasteiger partial charge < -0.3 is 10.1 Å². The van der Waals surface area contributed by atoms with E-state index in [1.807, 2.05) is 13.0 Å². The van der Waals surface area contributed by atoms with Gasteiger partial charge in [-0.1, -0.05) is 17.7 Å². The molecule has 0 saturated carbocycles. The molecule has 3 rings (SSSR count). The van der Waals surface area contributed by atoms with Crippen molar-refractivity contribution in [2.24, 2.45) is 0 Å². The van der Waals surface area contributed by atoms with Crippen LogP contribution in [0.2, 0.25) is 5.02 Å². The molecule has 9 heteroatoms. The summed E-state index contributed by atoms with van der Waals surface area (Å²) in [7, 11) is 0. The van der Waals surface area contributed by atoms with Gasteiger partial charge in [0.25, 0.3) is 17.5 Å². The average Bonchev–Trinajstić information content (AvgIpc) is 3.01. The second kappa shape index (κ2) is 6.86. The zero-order valence-electron chi connectivity index (χ0n) is 13.5. The molecular weight excluding hydrogens is 346 g/mol. The Morgan fingerprint density at radius 3 is 2.80 bits per heavy atom. The smallest absolute Gasteiger partial charge is 0.378 e. The number of hydrogen-bond donors (Lipinski definition) is 1. The lowest BCUT2D eigenvalue weighted by Crippen LogP contribution is -2.21. The summed E-state index contributed by atoms with van der Waals surface area (Å²) in [5.74, 6) is -1.21. The Morgan fingerprint density at radius 2 is 2.08 bits per heavy atom. The molecule has 1 N–H and O–H groups in total. The van der Waals surface area contributed by atoms with E-state index in [-0.39, 0.29) is 11.6 Å². The molecule has 2 aromatic heterocycles. The Morgan fingerprint density at radius 1 is 1.28 bits per heavy atom. The Hall–Kier alpha value is -3.00. The van der Waals surface area contributed by atoms with E-state index in [4.69, 9.17) is 16.3 Å². The highest BCUT2D eigenvalue weighted by molar-refractivity contribution is 6.33. The van der Waals surface area contributed by atoms with Crippen LogP contribution in [-0.2, 0) is 9.53 Å². The van der Waals surface area contributed by atoms with E-state index < -0.39 is 18.5 Å². The maximum atomic E-state index is 12.0. The summed E-state index contributed by atoms with van der Waals surface area (Å²) in [6.45, 7) is 3.21. The van der Waals surface area contributed by atoms with Crippen molar-refractivity contribution in [2.75, 3.05) is 11.9 Å². The number of ether oxygens (including phenoxy) is 1. The molecule has 1 aromatic carbocycles. The summed E-state index contributed by atoms with van der Waals surface area (Å²) in [5.41, 5.74) is 2.18. The number of carbonyl (C=O) groups excluding carboxylic acids is 2. The number of hydrogen-bond acceptors (Lipinski definition) is 6. The van der Waals surface area contributed by atoms with E-state index in [2.05, 4.69) is 20.4 Å². The van der Waals surface area contributed by atoms with Crippen LogP contribution < -0.4 is 5.32 Å². The zero-order valence-corrected chi connectivity index (χ0v) is 14.2. The lowest BCUT2D eigenvalue weighted by molar-refractivity contribution is -0.119. The van der Waals surface area contributed by atoms with E-state index in [0.29, 0.717) is 10.7 Å². The molecule has 0 radical (unpaired) electrons. The van der Waals surface area contributed by atoms with Crippen molar-refractivity contribution >= 4 is 34.9 Å². The van der Waals surface area contributed by atoms with Gasteiger partial charge in [0.05, 0.1) is 10.7 Å². The van der Waals surface area contributed by atoms with Crippen molar-refractivity contribution in [2.45, 2.75) is 13.8 Å². The predicted octanol–water partition coefficient (Wildman–Crippen LogP) is 2.19. The van der Waals surface area contributed by atoms with Crippen molar-refractivity contribution in [3.05, 3.63) is 52.6 Å². The van der Waals surface area contributed by atoms with Gasteiger partial charge in [-0.3, -0.25) is 4.79 Å². The summed E-state index contributed by atoms with van der Waals surface area (Å²) in [6, 6.07) is 6.94. The molecule has 128 valence electrons. The Labute approximate surface area is 147 Å². The lowest BCUT2D eigenvalue weighted by Gasteiger charge is -2.07. The largest absolute Gasteiger partial charge is 0.450 e. The molecule has 0 aliphatic heterocycles. The number of carbonyl (C=O) groups is 2. The van der Waals surface area contributed by atoms with Crippen molar-refractivity contribution in [1.29, 1.82) is 0 Å². The fraction of sp³-hybridized carbons (Fsp3) is 0.188. The second-order valence-electron chi connectivity index (χ2n) is 5.34. The third kappa shape index (κ3) is 3.74. The number of aromatic nitrogens is 4. The first-order chi connectivity index (χ1) is 11.9. The van der Waals surface area contributed by atoms with Crippen LogP contribution in [-0.4, -0.2) is 38.1 Å². The number of rotatable bonds is 4. The molecule has 1 amide bonds. The number of nitrogens with one attached hydrogen (secondary N) is 1. The number of esters is 1. The fourth-order valence-electron chi connectivity index (χ4n) is 2.10. The van der Waals surface area contributed by atoms with Gasteiger partial charge in [-0.25, -0.2) is 14.3 Å². The second-order valence-corrected chi connectivity index (χ2v) is 5.75. The number of fused-ring (bicyclic) bond motifs is 1. The average molecular weight is 360 g/mol. The third-order valence-electron chi connectivity index (χ3n) is 3.35. The Balaban J connectivity index is 1.63. The van der Waals surface area contributed by atoms with Gasteiger partial charge >= 0.3 is 5.97 Å². The summed E-state index contributed by atoms with van der Waals surface area (Å²) in [4.78, 5) is 31.9. The molecule has 0 atom stereocenters. The van der Waals surface area contributed by atoms with Crippen LogP contribution in [0.15, 0.2) is 30.5 Å². The van der Waals surface area contributed by atoms with Crippen LogP contribution in [0.1, 0.15) is 21.9 Å². The molecule has 0 spiro atoms. The number of nitrogens with zero attached hydrogens (tertiary/aromatic N) is 4. The van der Waals surface area contributed by atoms with Crippen LogP contribution in [0, 0.1) is 13.8 Å². The van der Waals surface area contributed by atoms with E-state index >= 15 is 0 Å². The monoisotopic (exact) mass is 359 g/mol. The number of anilines is 1. The third-order valence-corrected chi connectivity index (χ3v) is 3.66. The van der Waals surface area contributed by atoms with Crippen molar-refractivity contribution < 1.29 is 14.3 Å². The van der Waals surface area contributed by atoms with Gasteiger partial charge in [-0.15, -0.1) is 5.10 Å². The van der Waals surface area contributed by atoms with Gasteiger partial charge in [0, 0.05) is 11.9 Å². The van der Waals surface area contributed by atoms with Gasteiger partial charge in [0.2, 0.25) is 0 Å². The van der Waals surface area contributed by atoms with Gasteiger partial charge in [0.1, 0.15) is 0 Å². The minimum Gasteiger partial charge on any atom is -0.450 e. The Bertz CT molecular complexity index is 970. The molecule has 0 unspecified atom stereocenters. The Kier molecular flexibility index (Phi) is 4.62. The SMILES string of the molecule is Cc1ccc(NC(=O)COC(=O)c2nc3nccc(C)n3n2)c(Cl)c1. The minimum atomic E-state index is -0.810. The van der Waals surface area contributed by atoms with E-state index in [0.717, 1.165) is 11.3 Å². The standard InChI is InChI=1S/C16H14ClN5O3/c1-9-3-4-12(11(17)7-9)19-13(23)8-25-15(24)14-20-16-18-6-5-10(2)22(16)21-14/h3-7H,8H2,1-2H3,(H,19,23). The topological polar surface area (TPSA) is 98.5 Å². The highest BCUT2D eigenvalue weighted by Gasteiger charge is 2.17. The molecule has 0 bridgehead atoms. The minimum absolute atomic E-state index is 0.164. The predicted molar refractivity (Wildman–Crippen MR) is 90.6 cm³/mol. The van der Waals surface area contributed by atoms with Crippen LogP contribution >= 0.6 is 11.6 Å². The molecule has 0 aliphatic rings. The zero-order chi connectivity index (χ0) is 18.0. The molecule has 0 fully saturated rings. The number of amides is 1. The maximum Gasteiger partial charge on any atom is 0.378 e. The highest BCUT2D eigenvalue weighted by atomic mass is 35.5. The first-order valence-corrected chi connectivity index (χ1v) is 7.73. The van der Waals surface area contributed by atoms with Crippen LogP contribution in [0.4, 0.5) is 5.69 Å². The van der Waals surface area contributed by atoms with Crippen LogP contribution in [0.3, 0.4) is 0 Å². The molecule has 2 heterocycles. The summed E-state index contributed by atoms with van der Waals surface area (Å²) in [6.07, 6.45) is 1.56. The van der Waals surface area contributed by atoms with Crippen molar-refractivity contribution in [3.8, 4) is 0 Å². The van der Waals surface area contributed by atoms with Crippen LogP contribution in [0.25, 0.3) is 5.78 Å². The van der Waals surface area contributed by atoms with Gasteiger partial charge in [-0.05, 0) is 37.6 Å². The molecule has 0 saturated heterocycles. The van der Waals surface area contributed by atoms with E-state index in [1.165, 1.54) is 4.52 Å². The summed E-state index contributed by atoms with van der Waals surface area (Å²) in [5, 5.41) is 6.99. The molecule has 0 aliphatic carbocycles. The number of halogens is 1. The molecule has 3 aromatic rings. The first-order valence-electron chi connectivity index (χ1n) is 7.35. The quantitative estimate of drug-likeness (QED) is 0.717. The van der Waals surface area contributed by atoms with Gasteiger partial charge in [0.15, 0.2) is 6.61 Å². The highest BCUT2D eigenvalue weighted by Crippen LogP contribution is 2.22. The first kappa shape index (κ1) is 16.8. The van der Waals surface area contributed by atoms with Gasteiger partial charge in [-0.2, -0.15) is 4.98 Å². The van der Waals surface area contributed by atoms with Crippen molar-refractivity contribution in [1.82, 2.24) is 19.6 Å². The molecular formula is C16H14ClN5O3. The maximum absolute atomic E-state index is 12.0. The van der Waals surface area contributed by atoms with E-state index in [9.17, 15) is 9.59 Å². The number of benzene rings is 1.